The highest BCUT2D eigenvalue weighted by molar-refractivity contribution is 6.02. The van der Waals surface area contributed by atoms with E-state index in [0.29, 0.717) is 5.56 Å². The van der Waals surface area contributed by atoms with Crippen LogP contribution in [0.5, 0.6) is 0 Å². The number of amidine groups is 1. The van der Waals surface area contributed by atoms with Crippen molar-refractivity contribution in [2.75, 3.05) is 18.0 Å². The van der Waals surface area contributed by atoms with Crippen molar-refractivity contribution in [2.24, 2.45) is 16.8 Å². The molecule has 1 aromatic heterocycles. The number of hydrogen-bond donors (Lipinski definition) is 2. The Labute approximate surface area is 119 Å². The largest absolute Gasteiger partial charge is 0.409 e. The van der Waals surface area contributed by atoms with Crippen molar-refractivity contribution in [3.05, 3.63) is 16.8 Å². The van der Waals surface area contributed by atoms with Crippen molar-refractivity contribution in [3.8, 4) is 0 Å². The summed E-state index contributed by atoms with van der Waals surface area (Å²) in [6.45, 7) is 7.82. The first-order valence-electron chi connectivity index (χ1n) is 7.15. The Kier molecular flexibility index (Phi) is 4.42. The van der Waals surface area contributed by atoms with E-state index < -0.39 is 0 Å². The topological polar surface area (TPSA) is 87.6 Å². The van der Waals surface area contributed by atoms with Gasteiger partial charge in [-0.05, 0) is 44.6 Å². The third-order valence-corrected chi connectivity index (χ3v) is 3.77. The number of aromatic nitrogens is 2. The lowest BCUT2D eigenvalue weighted by atomic mass is 10.1. The molecule has 2 rings (SSSR count). The zero-order valence-electron chi connectivity index (χ0n) is 12.4. The predicted octanol–water partition coefficient (Wildman–Crippen LogP) is 1.81. The zero-order valence-corrected chi connectivity index (χ0v) is 12.4. The van der Waals surface area contributed by atoms with Gasteiger partial charge in [0.25, 0.3) is 0 Å². The predicted molar refractivity (Wildman–Crippen MR) is 79.2 cm³/mol. The first kappa shape index (κ1) is 14.6. The Morgan fingerprint density at radius 1 is 1.40 bits per heavy atom. The van der Waals surface area contributed by atoms with Gasteiger partial charge in [0, 0.05) is 13.1 Å². The van der Waals surface area contributed by atoms with Gasteiger partial charge >= 0.3 is 0 Å². The highest BCUT2D eigenvalue weighted by Gasteiger charge is 2.27. The molecule has 1 saturated carbocycles. The number of rotatable bonds is 6. The molecule has 0 saturated heterocycles. The maximum atomic E-state index is 9.03. The van der Waals surface area contributed by atoms with Crippen LogP contribution < -0.4 is 10.6 Å². The first-order chi connectivity index (χ1) is 9.58. The zero-order chi connectivity index (χ0) is 14.7. The van der Waals surface area contributed by atoms with Crippen LogP contribution in [0.3, 0.4) is 0 Å². The summed E-state index contributed by atoms with van der Waals surface area (Å²) in [5.74, 6) is 1.58. The van der Waals surface area contributed by atoms with Crippen molar-refractivity contribution >= 4 is 11.7 Å². The molecule has 1 fully saturated rings. The molecule has 0 bridgehead atoms. The highest BCUT2D eigenvalue weighted by Crippen LogP contribution is 2.32. The molecule has 110 valence electrons. The van der Waals surface area contributed by atoms with Crippen molar-refractivity contribution < 1.29 is 5.21 Å². The molecule has 1 aliphatic carbocycles. The van der Waals surface area contributed by atoms with Crippen molar-refractivity contribution in [3.63, 3.8) is 0 Å². The number of aryl methyl sites for hydroxylation is 1. The van der Waals surface area contributed by atoms with Crippen LogP contribution in [0.4, 0.5) is 5.82 Å². The lowest BCUT2D eigenvalue weighted by Crippen LogP contribution is -2.31. The molecular formula is C14H23N5O. The normalized spacial score (nSPS) is 15.4. The van der Waals surface area contributed by atoms with Crippen LogP contribution in [-0.2, 0) is 0 Å². The molecule has 1 aliphatic rings. The van der Waals surface area contributed by atoms with Gasteiger partial charge in [-0.3, -0.25) is 0 Å². The minimum atomic E-state index is 0.104. The summed E-state index contributed by atoms with van der Waals surface area (Å²) < 4.78 is 0. The molecule has 6 nitrogen and oxygen atoms in total. The Morgan fingerprint density at radius 2 is 2.10 bits per heavy atom. The molecule has 0 aliphatic heterocycles. The summed E-state index contributed by atoms with van der Waals surface area (Å²) in [4.78, 5) is 2.21. The Hall–Kier alpha value is -1.85. The molecule has 3 N–H and O–H groups in total. The van der Waals surface area contributed by atoms with Crippen LogP contribution in [0.25, 0.3) is 0 Å². The van der Waals surface area contributed by atoms with E-state index in [4.69, 9.17) is 10.9 Å². The van der Waals surface area contributed by atoms with Crippen LogP contribution >= 0.6 is 0 Å². The molecule has 0 aromatic carbocycles. The van der Waals surface area contributed by atoms with Crippen molar-refractivity contribution in [1.82, 2.24) is 10.2 Å². The molecule has 1 heterocycles. The summed E-state index contributed by atoms with van der Waals surface area (Å²) in [5.41, 5.74) is 8.28. The van der Waals surface area contributed by atoms with E-state index in [-0.39, 0.29) is 5.84 Å². The fourth-order valence-corrected chi connectivity index (χ4v) is 2.34. The summed E-state index contributed by atoms with van der Waals surface area (Å²) >= 11 is 0. The summed E-state index contributed by atoms with van der Waals surface area (Å²) in [7, 11) is 0. The van der Waals surface area contributed by atoms with Gasteiger partial charge in [-0.15, -0.1) is 5.10 Å². The standard InChI is InChI=1S/C14H23N5O/c1-4-7-19(8-11-5-6-11)14-12(13(15)18-20)9(2)10(3)16-17-14/h11,20H,4-8H2,1-3H3,(H2,15,18). The molecule has 20 heavy (non-hydrogen) atoms. The van der Waals surface area contributed by atoms with Gasteiger partial charge in [-0.2, -0.15) is 5.10 Å². The second kappa shape index (κ2) is 6.07. The molecule has 0 radical (unpaired) electrons. The Bertz CT molecular complexity index is 511. The molecule has 1 aromatic rings. The molecule has 0 spiro atoms. The van der Waals surface area contributed by atoms with E-state index in [1.54, 1.807) is 0 Å². The highest BCUT2D eigenvalue weighted by atomic mass is 16.4. The number of anilines is 1. The van der Waals surface area contributed by atoms with E-state index in [9.17, 15) is 0 Å². The Morgan fingerprint density at radius 3 is 2.65 bits per heavy atom. The number of oxime groups is 1. The lowest BCUT2D eigenvalue weighted by molar-refractivity contribution is 0.318. The van der Waals surface area contributed by atoms with Gasteiger partial charge < -0.3 is 15.8 Å². The van der Waals surface area contributed by atoms with Gasteiger partial charge in [-0.25, -0.2) is 0 Å². The van der Waals surface area contributed by atoms with Crippen molar-refractivity contribution in [2.45, 2.75) is 40.0 Å². The van der Waals surface area contributed by atoms with Crippen LogP contribution in [0, 0.1) is 19.8 Å². The van der Waals surface area contributed by atoms with Gasteiger partial charge in [0.05, 0.1) is 11.3 Å². The van der Waals surface area contributed by atoms with Crippen LogP contribution in [0.2, 0.25) is 0 Å². The lowest BCUT2D eigenvalue weighted by Gasteiger charge is -2.25. The van der Waals surface area contributed by atoms with Gasteiger partial charge in [0.15, 0.2) is 11.7 Å². The Balaban J connectivity index is 2.43. The van der Waals surface area contributed by atoms with Crippen LogP contribution in [-0.4, -0.2) is 34.3 Å². The maximum Gasteiger partial charge on any atom is 0.174 e. The van der Waals surface area contributed by atoms with E-state index in [1.807, 2.05) is 13.8 Å². The average molecular weight is 277 g/mol. The van der Waals surface area contributed by atoms with Gasteiger partial charge in [-0.1, -0.05) is 12.1 Å². The van der Waals surface area contributed by atoms with E-state index in [1.165, 1.54) is 12.8 Å². The second-order valence-corrected chi connectivity index (χ2v) is 5.48. The second-order valence-electron chi connectivity index (χ2n) is 5.48. The third kappa shape index (κ3) is 3.00. The number of nitrogens with two attached hydrogens (primary N) is 1. The molecule has 6 heteroatoms. The average Bonchev–Trinajstić information content (AvgIpc) is 3.24. The van der Waals surface area contributed by atoms with Crippen LogP contribution in [0.1, 0.15) is 43.0 Å². The molecule has 0 amide bonds. The van der Waals surface area contributed by atoms with E-state index in [0.717, 1.165) is 42.5 Å². The summed E-state index contributed by atoms with van der Waals surface area (Å²) in [6, 6.07) is 0. The minimum absolute atomic E-state index is 0.104. The maximum absolute atomic E-state index is 9.03. The smallest absolute Gasteiger partial charge is 0.174 e. The number of hydrogen-bond acceptors (Lipinski definition) is 5. The molecule has 0 unspecified atom stereocenters. The minimum Gasteiger partial charge on any atom is -0.409 e. The molecule has 0 atom stereocenters. The van der Waals surface area contributed by atoms with E-state index >= 15 is 0 Å². The van der Waals surface area contributed by atoms with Gasteiger partial charge in [0.1, 0.15) is 0 Å². The fraction of sp³-hybridized carbons (Fsp3) is 0.643. The summed E-state index contributed by atoms with van der Waals surface area (Å²) in [5, 5.41) is 20.7. The first-order valence-corrected chi connectivity index (χ1v) is 7.15. The van der Waals surface area contributed by atoms with E-state index in [2.05, 4.69) is 27.2 Å². The summed E-state index contributed by atoms with van der Waals surface area (Å²) in [6.07, 6.45) is 3.58. The molecular weight excluding hydrogens is 254 g/mol. The quantitative estimate of drug-likeness (QED) is 0.358. The fourth-order valence-electron chi connectivity index (χ4n) is 2.34. The van der Waals surface area contributed by atoms with Crippen LogP contribution in [0.15, 0.2) is 5.16 Å². The third-order valence-electron chi connectivity index (χ3n) is 3.77. The van der Waals surface area contributed by atoms with Gasteiger partial charge in [0.2, 0.25) is 0 Å². The SMILES string of the molecule is CCCN(CC1CC1)c1nnc(C)c(C)c1C(N)=NO. The monoisotopic (exact) mass is 277 g/mol. The van der Waals surface area contributed by atoms with Crippen molar-refractivity contribution in [1.29, 1.82) is 0 Å². The number of nitrogens with zero attached hydrogens (tertiary/aromatic N) is 4.